The third kappa shape index (κ3) is 4.75. The third-order valence-corrected chi connectivity index (χ3v) is 5.35. The molecule has 114 valence electrons. The van der Waals surface area contributed by atoms with Gasteiger partial charge in [0.25, 0.3) is 0 Å². The monoisotopic (exact) mass is 268 g/mol. The van der Waals surface area contributed by atoms with Crippen LogP contribution in [0, 0.1) is 5.92 Å². The molecule has 0 saturated carbocycles. The number of likely N-dealkylation sites (N-methyl/N-ethyl adjacent to an activating group) is 1. The molecule has 1 saturated heterocycles. The van der Waals surface area contributed by atoms with Gasteiger partial charge in [-0.1, -0.05) is 39.5 Å². The van der Waals surface area contributed by atoms with E-state index in [0.717, 1.165) is 5.92 Å². The first-order chi connectivity index (χ1) is 9.06. The number of nitrogens with zero attached hydrogens (tertiary/aromatic N) is 1. The fourth-order valence-corrected chi connectivity index (χ4v) is 3.58. The lowest BCUT2D eigenvalue weighted by Gasteiger charge is -2.45. The zero-order valence-corrected chi connectivity index (χ0v) is 14.0. The average Bonchev–Trinajstić information content (AvgIpc) is 2.69. The van der Waals surface area contributed by atoms with Crippen LogP contribution >= 0.6 is 0 Å². The highest BCUT2D eigenvalue weighted by Gasteiger charge is 2.35. The summed E-state index contributed by atoms with van der Waals surface area (Å²) in [7, 11) is 2.15. The highest BCUT2D eigenvalue weighted by Crippen LogP contribution is 2.28. The molecule has 0 amide bonds. The molecule has 0 aromatic heterocycles. The summed E-state index contributed by atoms with van der Waals surface area (Å²) >= 11 is 0. The SMILES string of the molecule is CCC(CC)CC(NC)C(C)(C)N1CCCCCC1. The molecule has 1 aliphatic heterocycles. The van der Waals surface area contributed by atoms with Gasteiger partial charge in [-0.2, -0.15) is 0 Å². The van der Waals surface area contributed by atoms with E-state index in [1.54, 1.807) is 0 Å². The van der Waals surface area contributed by atoms with Crippen molar-refractivity contribution >= 4 is 0 Å². The van der Waals surface area contributed by atoms with E-state index in [-0.39, 0.29) is 5.54 Å². The van der Waals surface area contributed by atoms with Crippen molar-refractivity contribution in [3.05, 3.63) is 0 Å². The molecule has 1 fully saturated rings. The highest BCUT2D eigenvalue weighted by molar-refractivity contribution is 4.94. The summed E-state index contributed by atoms with van der Waals surface area (Å²) in [6.45, 7) is 12.1. The van der Waals surface area contributed by atoms with E-state index >= 15 is 0 Å². The van der Waals surface area contributed by atoms with Gasteiger partial charge < -0.3 is 5.32 Å². The van der Waals surface area contributed by atoms with Crippen LogP contribution in [0.15, 0.2) is 0 Å². The second-order valence-electron chi connectivity index (χ2n) is 6.81. The number of nitrogens with one attached hydrogen (secondary N) is 1. The van der Waals surface area contributed by atoms with Gasteiger partial charge in [0, 0.05) is 11.6 Å². The average molecular weight is 268 g/mol. The lowest BCUT2D eigenvalue weighted by atomic mass is 9.83. The smallest absolute Gasteiger partial charge is 0.0306 e. The van der Waals surface area contributed by atoms with Crippen molar-refractivity contribution in [2.24, 2.45) is 5.92 Å². The van der Waals surface area contributed by atoms with Crippen LogP contribution in [0.4, 0.5) is 0 Å². The highest BCUT2D eigenvalue weighted by atomic mass is 15.2. The van der Waals surface area contributed by atoms with E-state index < -0.39 is 0 Å². The van der Waals surface area contributed by atoms with Crippen LogP contribution in [0.3, 0.4) is 0 Å². The maximum absolute atomic E-state index is 3.62. The lowest BCUT2D eigenvalue weighted by Crippen LogP contribution is -2.57. The number of hydrogen-bond acceptors (Lipinski definition) is 2. The van der Waals surface area contributed by atoms with Crippen molar-refractivity contribution < 1.29 is 0 Å². The van der Waals surface area contributed by atoms with E-state index in [1.807, 2.05) is 0 Å². The Morgan fingerprint density at radius 3 is 1.95 bits per heavy atom. The quantitative estimate of drug-likeness (QED) is 0.749. The molecule has 0 spiro atoms. The zero-order valence-electron chi connectivity index (χ0n) is 14.0. The van der Waals surface area contributed by atoms with Gasteiger partial charge in [-0.25, -0.2) is 0 Å². The van der Waals surface area contributed by atoms with E-state index in [2.05, 4.69) is 45.0 Å². The second-order valence-corrected chi connectivity index (χ2v) is 6.81. The van der Waals surface area contributed by atoms with Crippen LogP contribution in [0.5, 0.6) is 0 Å². The minimum absolute atomic E-state index is 0.279. The predicted octanol–water partition coefficient (Wildman–Crippen LogP) is 4.06. The van der Waals surface area contributed by atoms with Crippen molar-refractivity contribution in [3.8, 4) is 0 Å². The second kappa shape index (κ2) is 8.26. The Bertz CT molecular complexity index is 225. The van der Waals surface area contributed by atoms with Gasteiger partial charge in [-0.05, 0) is 59.2 Å². The molecule has 2 heteroatoms. The Balaban J connectivity index is 2.69. The Morgan fingerprint density at radius 2 is 1.53 bits per heavy atom. The summed E-state index contributed by atoms with van der Waals surface area (Å²) in [5.41, 5.74) is 0.279. The van der Waals surface area contributed by atoms with Gasteiger partial charge in [-0.15, -0.1) is 0 Å². The van der Waals surface area contributed by atoms with Crippen molar-refractivity contribution in [1.29, 1.82) is 0 Å². The number of hydrogen-bond donors (Lipinski definition) is 1. The molecule has 0 bridgehead atoms. The molecule has 1 heterocycles. The normalized spacial score (nSPS) is 20.5. The van der Waals surface area contributed by atoms with E-state index in [9.17, 15) is 0 Å². The molecule has 19 heavy (non-hydrogen) atoms. The molecule has 1 aliphatic rings. The van der Waals surface area contributed by atoms with E-state index in [1.165, 1.54) is 58.0 Å². The zero-order chi connectivity index (χ0) is 14.3. The molecule has 1 unspecified atom stereocenters. The lowest BCUT2D eigenvalue weighted by molar-refractivity contribution is 0.0753. The van der Waals surface area contributed by atoms with Gasteiger partial charge in [0.2, 0.25) is 0 Å². The first-order valence-electron chi connectivity index (χ1n) is 8.48. The Hall–Kier alpha value is -0.0800. The van der Waals surface area contributed by atoms with Crippen LogP contribution in [-0.2, 0) is 0 Å². The first kappa shape index (κ1) is 17.0. The van der Waals surface area contributed by atoms with E-state index in [4.69, 9.17) is 0 Å². The molecule has 0 aromatic carbocycles. The minimum Gasteiger partial charge on any atom is -0.315 e. The predicted molar refractivity (Wildman–Crippen MR) is 85.7 cm³/mol. The summed E-state index contributed by atoms with van der Waals surface area (Å²) in [5.74, 6) is 0.865. The maximum Gasteiger partial charge on any atom is 0.0306 e. The van der Waals surface area contributed by atoms with Crippen LogP contribution < -0.4 is 5.32 Å². The summed E-state index contributed by atoms with van der Waals surface area (Å²) in [6.07, 6.45) is 9.53. The molecule has 1 rings (SSSR count). The third-order valence-electron chi connectivity index (χ3n) is 5.35. The Morgan fingerprint density at radius 1 is 1.00 bits per heavy atom. The first-order valence-corrected chi connectivity index (χ1v) is 8.48. The van der Waals surface area contributed by atoms with Crippen LogP contribution in [0.25, 0.3) is 0 Å². The summed E-state index contributed by atoms with van der Waals surface area (Å²) in [4.78, 5) is 2.74. The molecule has 0 aliphatic carbocycles. The molecule has 0 radical (unpaired) electrons. The fraction of sp³-hybridized carbons (Fsp3) is 1.00. The molecule has 1 N–H and O–H groups in total. The molecule has 2 nitrogen and oxygen atoms in total. The molecule has 0 aromatic rings. The summed E-state index contributed by atoms with van der Waals surface area (Å²) < 4.78 is 0. The Labute approximate surface area is 121 Å². The van der Waals surface area contributed by atoms with Crippen molar-refractivity contribution in [2.45, 2.75) is 84.2 Å². The summed E-state index contributed by atoms with van der Waals surface area (Å²) in [5, 5.41) is 3.62. The maximum atomic E-state index is 3.62. The summed E-state index contributed by atoms with van der Waals surface area (Å²) in [6, 6.07) is 0.607. The molecule has 1 atom stereocenters. The van der Waals surface area contributed by atoms with Crippen LogP contribution in [0.2, 0.25) is 0 Å². The Kier molecular flexibility index (Phi) is 7.38. The van der Waals surface area contributed by atoms with Crippen molar-refractivity contribution in [2.75, 3.05) is 20.1 Å². The standard InChI is InChI=1S/C17H36N2/c1-6-15(7-2)14-16(18-5)17(3,4)19-12-10-8-9-11-13-19/h15-16,18H,6-14H2,1-5H3. The topological polar surface area (TPSA) is 15.3 Å². The van der Waals surface area contributed by atoms with E-state index in [0.29, 0.717) is 6.04 Å². The van der Waals surface area contributed by atoms with Gasteiger partial charge in [0.05, 0.1) is 0 Å². The van der Waals surface area contributed by atoms with Crippen LogP contribution in [-0.4, -0.2) is 36.6 Å². The minimum atomic E-state index is 0.279. The number of rotatable bonds is 7. The molecular formula is C17H36N2. The van der Waals surface area contributed by atoms with Gasteiger partial charge >= 0.3 is 0 Å². The molecular weight excluding hydrogens is 232 g/mol. The largest absolute Gasteiger partial charge is 0.315 e. The van der Waals surface area contributed by atoms with Gasteiger partial charge in [0.1, 0.15) is 0 Å². The van der Waals surface area contributed by atoms with Gasteiger partial charge in [-0.3, -0.25) is 4.90 Å². The van der Waals surface area contributed by atoms with Crippen LogP contribution in [0.1, 0.15) is 72.6 Å². The van der Waals surface area contributed by atoms with Crippen molar-refractivity contribution in [1.82, 2.24) is 10.2 Å². The fourth-order valence-electron chi connectivity index (χ4n) is 3.58. The van der Waals surface area contributed by atoms with Crippen molar-refractivity contribution in [3.63, 3.8) is 0 Å². The number of likely N-dealkylation sites (tertiary alicyclic amines) is 1. The van der Waals surface area contributed by atoms with Gasteiger partial charge in [0.15, 0.2) is 0 Å².